The van der Waals surface area contributed by atoms with Crippen LogP contribution in [-0.2, 0) is 32.5 Å². The normalized spacial score (nSPS) is 11.4. The molecule has 0 aliphatic carbocycles. The van der Waals surface area contributed by atoms with Crippen LogP contribution in [0.5, 0.6) is 0 Å². The van der Waals surface area contributed by atoms with Crippen molar-refractivity contribution in [2.75, 3.05) is 6.54 Å². The van der Waals surface area contributed by atoms with E-state index in [1.807, 2.05) is 12.4 Å². The van der Waals surface area contributed by atoms with Gasteiger partial charge in [-0.05, 0) is 54.7 Å². The second-order valence-electron chi connectivity index (χ2n) is 9.11. The highest BCUT2D eigenvalue weighted by molar-refractivity contribution is 9.10. The zero-order chi connectivity index (χ0) is 24.6. The number of fused-ring (bicyclic) bond motifs is 1. The first-order valence-corrected chi connectivity index (χ1v) is 13.2. The van der Waals surface area contributed by atoms with Crippen molar-refractivity contribution in [2.45, 2.75) is 38.9 Å². The summed E-state index contributed by atoms with van der Waals surface area (Å²) in [6.45, 7) is 3.31. The Kier molecular flexibility index (Phi) is 8.16. The summed E-state index contributed by atoms with van der Waals surface area (Å²) in [6, 6.07) is 31.8. The van der Waals surface area contributed by atoms with Crippen molar-refractivity contribution in [3.8, 4) is 0 Å². The lowest BCUT2D eigenvalue weighted by Gasteiger charge is -2.22. The summed E-state index contributed by atoms with van der Waals surface area (Å²) in [7, 11) is 0. The monoisotopic (exact) mass is 539 g/mol. The first-order chi connectivity index (χ1) is 17.7. The summed E-state index contributed by atoms with van der Waals surface area (Å²) in [4.78, 5) is 7.35. The maximum Gasteiger partial charge on any atom is 0.147 e. The van der Waals surface area contributed by atoms with E-state index >= 15 is 0 Å². The predicted octanol–water partition coefficient (Wildman–Crippen LogP) is 6.47. The van der Waals surface area contributed by atoms with Crippen molar-refractivity contribution in [2.24, 2.45) is 0 Å². The van der Waals surface area contributed by atoms with Crippen LogP contribution in [0.25, 0.3) is 10.9 Å². The number of benzene rings is 3. The molecule has 0 radical (unpaired) electrons. The Morgan fingerprint density at radius 3 is 2.39 bits per heavy atom. The first kappa shape index (κ1) is 24.3. The second kappa shape index (κ2) is 12.1. The molecule has 5 aromatic rings. The molecular formula is C30H30BrN5. The molecule has 0 amide bonds. The third kappa shape index (κ3) is 6.65. The van der Waals surface area contributed by atoms with Gasteiger partial charge < -0.3 is 4.57 Å². The van der Waals surface area contributed by atoms with Gasteiger partial charge in [-0.25, -0.2) is 0 Å². The van der Waals surface area contributed by atoms with Crippen LogP contribution in [0.2, 0.25) is 0 Å². The molecule has 2 aromatic heterocycles. The molecule has 2 heterocycles. The molecule has 5 rings (SSSR count). The van der Waals surface area contributed by atoms with E-state index in [-0.39, 0.29) is 0 Å². The van der Waals surface area contributed by atoms with E-state index in [1.165, 1.54) is 16.5 Å². The van der Waals surface area contributed by atoms with E-state index in [2.05, 4.69) is 121 Å². The Balaban J connectivity index is 1.29. The van der Waals surface area contributed by atoms with E-state index in [1.54, 1.807) is 0 Å². The number of aromatic nitrogens is 4. The van der Waals surface area contributed by atoms with E-state index in [9.17, 15) is 0 Å². The molecule has 6 heteroatoms. The van der Waals surface area contributed by atoms with E-state index < -0.39 is 0 Å². The molecule has 0 atom stereocenters. The summed E-state index contributed by atoms with van der Waals surface area (Å²) >= 11 is 3.54. The molecule has 0 saturated heterocycles. The molecule has 5 nitrogen and oxygen atoms in total. The summed E-state index contributed by atoms with van der Waals surface area (Å²) in [5.41, 5.74) is 4.79. The first-order valence-electron chi connectivity index (χ1n) is 12.4. The number of hydrogen-bond acceptors (Lipinski definition) is 4. The highest BCUT2D eigenvalue weighted by atomic mass is 79.9. The number of hydrogen-bond donors (Lipinski definition) is 0. The van der Waals surface area contributed by atoms with Crippen LogP contribution in [-0.4, -0.2) is 31.2 Å². The number of aryl methyl sites for hydroxylation is 2. The van der Waals surface area contributed by atoms with Gasteiger partial charge in [0.25, 0.3) is 0 Å². The molecular weight excluding hydrogens is 510 g/mol. The summed E-state index contributed by atoms with van der Waals surface area (Å²) < 4.78 is 3.30. The fraction of sp³-hybridized carbons (Fsp3) is 0.233. The summed E-state index contributed by atoms with van der Waals surface area (Å²) in [5, 5.41) is 9.89. The number of rotatable bonds is 11. The minimum absolute atomic E-state index is 0.733. The van der Waals surface area contributed by atoms with Crippen LogP contribution < -0.4 is 0 Å². The summed E-state index contributed by atoms with van der Waals surface area (Å²) in [6.07, 6.45) is 4.93. The average molecular weight is 541 g/mol. The third-order valence-electron chi connectivity index (χ3n) is 6.44. The Morgan fingerprint density at radius 1 is 0.750 bits per heavy atom. The molecule has 0 spiro atoms. The van der Waals surface area contributed by atoms with Crippen molar-refractivity contribution in [3.05, 3.63) is 124 Å². The van der Waals surface area contributed by atoms with Crippen molar-refractivity contribution in [1.29, 1.82) is 0 Å². The average Bonchev–Trinajstić information content (AvgIpc) is 3.35. The van der Waals surface area contributed by atoms with Gasteiger partial charge in [-0.2, -0.15) is 0 Å². The van der Waals surface area contributed by atoms with Crippen LogP contribution >= 0.6 is 15.9 Å². The van der Waals surface area contributed by atoms with Crippen molar-refractivity contribution in [3.63, 3.8) is 0 Å². The molecule has 3 aromatic carbocycles. The number of para-hydroxylation sites is 1. The van der Waals surface area contributed by atoms with Gasteiger partial charge in [0.15, 0.2) is 0 Å². The zero-order valence-electron chi connectivity index (χ0n) is 20.3. The van der Waals surface area contributed by atoms with Crippen LogP contribution in [0.1, 0.15) is 29.1 Å². The Morgan fingerprint density at radius 2 is 1.53 bits per heavy atom. The van der Waals surface area contributed by atoms with Crippen molar-refractivity contribution < 1.29 is 0 Å². The van der Waals surface area contributed by atoms with Crippen LogP contribution in [0, 0.1) is 0 Å². The molecule has 0 saturated carbocycles. The van der Waals surface area contributed by atoms with Gasteiger partial charge in [0.2, 0.25) is 0 Å². The number of halogens is 1. The number of nitrogens with zero attached hydrogens (tertiary/aromatic N) is 5. The Hall–Kier alpha value is -3.35. The van der Waals surface area contributed by atoms with Gasteiger partial charge in [0.05, 0.1) is 17.8 Å². The van der Waals surface area contributed by atoms with Gasteiger partial charge in [-0.3, -0.25) is 9.88 Å². The van der Waals surface area contributed by atoms with Gasteiger partial charge in [0.1, 0.15) is 12.2 Å². The van der Waals surface area contributed by atoms with Gasteiger partial charge in [-0.15, -0.1) is 10.2 Å². The minimum atomic E-state index is 0.733. The highest BCUT2D eigenvalue weighted by Gasteiger charge is 2.14. The van der Waals surface area contributed by atoms with Gasteiger partial charge in [-0.1, -0.05) is 82.7 Å². The molecule has 36 heavy (non-hydrogen) atoms. The maximum absolute atomic E-state index is 4.93. The van der Waals surface area contributed by atoms with Crippen molar-refractivity contribution >= 4 is 26.8 Å². The van der Waals surface area contributed by atoms with E-state index in [0.29, 0.717) is 0 Å². The molecule has 0 unspecified atom stereocenters. The third-order valence-corrected chi connectivity index (χ3v) is 6.97. The lowest BCUT2D eigenvalue weighted by atomic mass is 10.1. The molecule has 0 N–H and O–H groups in total. The highest BCUT2D eigenvalue weighted by Crippen LogP contribution is 2.16. The zero-order valence-corrected chi connectivity index (χ0v) is 21.9. The smallest absolute Gasteiger partial charge is 0.147 e. The fourth-order valence-corrected chi connectivity index (χ4v) is 4.73. The van der Waals surface area contributed by atoms with Crippen LogP contribution in [0.4, 0.5) is 0 Å². The topological polar surface area (TPSA) is 46.8 Å². The quantitative estimate of drug-likeness (QED) is 0.193. The van der Waals surface area contributed by atoms with E-state index in [0.717, 1.165) is 66.9 Å². The standard InChI is InChI=1S/C30H30BrN5/c31-27-15-12-25(13-16-27)18-20-35(21-28-17-14-26-10-4-5-11-29(26)33-28)22-30-34-32-23-36(30)19-6-9-24-7-2-1-3-8-24/h1-5,7-8,10-17,23H,6,9,18-22H2. The Labute approximate surface area is 221 Å². The van der Waals surface area contributed by atoms with Gasteiger partial charge >= 0.3 is 0 Å². The Bertz CT molecular complexity index is 1380. The van der Waals surface area contributed by atoms with Crippen LogP contribution in [0.3, 0.4) is 0 Å². The van der Waals surface area contributed by atoms with Gasteiger partial charge in [0, 0.05) is 29.5 Å². The molecule has 0 fully saturated rings. The van der Waals surface area contributed by atoms with E-state index in [4.69, 9.17) is 4.98 Å². The molecule has 0 aliphatic heterocycles. The largest absolute Gasteiger partial charge is 0.316 e. The molecule has 0 bridgehead atoms. The second-order valence-corrected chi connectivity index (χ2v) is 10.0. The fourth-order valence-electron chi connectivity index (χ4n) is 4.46. The summed E-state index contributed by atoms with van der Waals surface area (Å²) in [5.74, 6) is 1.000. The number of pyridine rings is 1. The lowest BCUT2D eigenvalue weighted by Crippen LogP contribution is -2.27. The molecule has 0 aliphatic rings. The van der Waals surface area contributed by atoms with Crippen molar-refractivity contribution in [1.82, 2.24) is 24.6 Å². The minimum Gasteiger partial charge on any atom is -0.316 e. The predicted molar refractivity (Wildman–Crippen MR) is 148 cm³/mol. The van der Waals surface area contributed by atoms with Crippen LogP contribution in [0.15, 0.2) is 102 Å². The SMILES string of the molecule is Brc1ccc(CCN(Cc2ccc3ccccc3n2)Cc2nncn2CCCc2ccccc2)cc1. The molecule has 182 valence electrons. The maximum atomic E-state index is 4.93. The lowest BCUT2D eigenvalue weighted by molar-refractivity contribution is 0.246.